The molecule has 8 heteroatoms. The number of rotatable bonds is 6. The van der Waals surface area contributed by atoms with Crippen molar-refractivity contribution in [3.05, 3.63) is 42.0 Å². The first-order valence-electron chi connectivity index (χ1n) is 6.08. The number of carboxylic acid groups (broad SMARTS) is 1. The molecule has 1 unspecified atom stereocenters. The maximum atomic E-state index is 14.0. The zero-order chi connectivity index (χ0) is 15.4. The third kappa shape index (κ3) is 3.71. The third-order valence-electron chi connectivity index (χ3n) is 2.72. The van der Waals surface area contributed by atoms with Gasteiger partial charge in [0.1, 0.15) is 5.69 Å². The summed E-state index contributed by atoms with van der Waals surface area (Å²) in [6.07, 6.45) is 0.644. The number of alkyl halides is 1. The normalized spacial score (nSPS) is 12.1. The Morgan fingerprint density at radius 2 is 2.24 bits per heavy atom. The number of carboxylic acids is 1. The fourth-order valence-corrected chi connectivity index (χ4v) is 1.77. The van der Waals surface area contributed by atoms with Crippen LogP contribution >= 0.6 is 11.6 Å². The van der Waals surface area contributed by atoms with Crippen molar-refractivity contribution >= 4 is 23.3 Å². The number of aliphatic hydroxyl groups excluding tert-OH is 1. The van der Waals surface area contributed by atoms with E-state index in [0.717, 1.165) is 4.68 Å². The molecule has 1 heterocycles. The molecule has 0 saturated carbocycles. The SMILES string of the molecule is O=C(O)c1ccn(-c2ccc(NCC(O)CCl)cc2F)n1. The van der Waals surface area contributed by atoms with Crippen molar-refractivity contribution < 1.29 is 19.4 Å². The topological polar surface area (TPSA) is 87.4 Å². The maximum absolute atomic E-state index is 14.0. The summed E-state index contributed by atoms with van der Waals surface area (Å²) in [5.41, 5.74) is 0.443. The lowest BCUT2D eigenvalue weighted by Gasteiger charge is -2.11. The van der Waals surface area contributed by atoms with E-state index < -0.39 is 17.9 Å². The average Bonchev–Trinajstić information content (AvgIpc) is 2.94. The predicted octanol–water partition coefficient (Wildman–Crippen LogP) is 1.72. The van der Waals surface area contributed by atoms with E-state index >= 15 is 0 Å². The number of anilines is 1. The first kappa shape index (κ1) is 15.3. The van der Waals surface area contributed by atoms with Crippen molar-refractivity contribution in [2.75, 3.05) is 17.7 Å². The average molecular weight is 314 g/mol. The number of benzene rings is 1. The van der Waals surface area contributed by atoms with Crippen molar-refractivity contribution in [2.45, 2.75) is 6.10 Å². The molecule has 2 rings (SSSR count). The number of aliphatic hydroxyl groups is 1. The molecule has 0 amide bonds. The molecule has 6 nitrogen and oxygen atoms in total. The summed E-state index contributed by atoms with van der Waals surface area (Å²) in [6.45, 7) is 0.202. The first-order chi connectivity index (χ1) is 10.0. The molecule has 1 aromatic heterocycles. The van der Waals surface area contributed by atoms with Crippen molar-refractivity contribution in [1.82, 2.24) is 9.78 Å². The van der Waals surface area contributed by atoms with E-state index in [1.807, 2.05) is 0 Å². The minimum atomic E-state index is -1.18. The monoisotopic (exact) mass is 313 g/mol. The van der Waals surface area contributed by atoms with Crippen LogP contribution in [0.2, 0.25) is 0 Å². The quantitative estimate of drug-likeness (QED) is 0.707. The number of aromatic carboxylic acids is 1. The molecule has 1 atom stereocenters. The molecule has 0 spiro atoms. The van der Waals surface area contributed by atoms with Gasteiger partial charge in [-0.05, 0) is 24.3 Å². The summed E-state index contributed by atoms with van der Waals surface area (Å²) in [4.78, 5) is 10.7. The van der Waals surface area contributed by atoms with Crippen molar-refractivity contribution in [3.8, 4) is 5.69 Å². The largest absolute Gasteiger partial charge is 0.476 e. The Kier molecular flexibility index (Phi) is 4.77. The van der Waals surface area contributed by atoms with Gasteiger partial charge in [-0.25, -0.2) is 13.9 Å². The van der Waals surface area contributed by atoms with Crippen LogP contribution in [-0.4, -0.2) is 44.5 Å². The van der Waals surface area contributed by atoms with Crippen LogP contribution in [0.3, 0.4) is 0 Å². The van der Waals surface area contributed by atoms with E-state index in [1.54, 1.807) is 6.07 Å². The second kappa shape index (κ2) is 6.55. The Morgan fingerprint density at radius 1 is 1.48 bits per heavy atom. The molecule has 0 bridgehead atoms. The number of hydrogen-bond acceptors (Lipinski definition) is 4. The molecular weight excluding hydrogens is 301 g/mol. The Morgan fingerprint density at radius 3 is 2.81 bits per heavy atom. The molecule has 3 N–H and O–H groups in total. The highest BCUT2D eigenvalue weighted by molar-refractivity contribution is 6.18. The van der Waals surface area contributed by atoms with Crippen LogP contribution in [0.15, 0.2) is 30.5 Å². The fraction of sp³-hybridized carbons (Fsp3) is 0.231. The summed E-state index contributed by atoms with van der Waals surface area (Å²) in [7, 11) is 0. The predicted molar refractivity (Wildman–Crippen MR) is 75.7 cm³/mol. The number of nitrogens with zero attached hydrogens (tertiary/aromatic N) is 2. The van der Waals surface area contributed by atoms with Crippen LogP contribution in [0.1, 0.15) is 10.5 Å². The van der Waals surface area contributed by atoms with Crippen LogP contribution in [0.4, 0.5) is 10.1 Å². The van der Waals surface area contributed by atoms with Gasteiger partial charge in [-0.2, -0.15) is 5.10 Å². The fourth-order valence-electron chi connectivity index (χ4n) is 1.67. The van der Waals surface area contributed by atoms with Gasteiger partial charge in [0.25, 0.3) is 0 Å². The summed E-state index contributed by atoms with van der Waals surface area (Å²) >= 11 is 5.46. The number of carbonyl (C=O) groups is 1. The van der Waals surface area contributed by atoms with Gasteiger partial charge in [-0.15, -0.1) is 11.6 Å². The standard InChI is InChI=1S/C13H13ClFN3O3/c14-6-9(19)7-16-8-1-2-12(10(15)5-8)18-4-3-11(17-18)13(20)21/h1-5,9,16,19H,6-7H2,(H,20,21). The Bertz CT molecular complexity index is 647. The van der Waals surface area contributed by atoms with E-state index in [4.69, 9.17) is 16.7 Å². The van der Waals surface area contributed by atoms with Crippen LogP contribution in [-0.2, 0) is 0 Å². The van der Waals surface area contributed by atoms with Gasteiger partial charge in [0.15, 0.2) is 11.5 Å². The van der Waals surface area contributed by atoms with Crippen LogP contribution in [0, 0.1) is 5.82 Å². The van der Waals surface area contributed by atoms with Gasteiger partial charge in [0.05, 0.1) is 12.0 Å². The zero-order valence-electron chi connectivity index (χ0n) is 10.8. The lowest BCUT2D eigenvalue weighted by molar-refractivity contribution is 0.0690. The van der Waals surface area contributed by atoms with E-state index in [2.05, 4.69) is 10.4 Å². The maximum Gasteiger partial charge on any atom is 0.356 e. The summed E-state index contributed by atoms with van der Waals surface area (Å²) < 4.78 is 15.2. The zero-order valence-corrected chi connectivity index (χ0v) is 11.6. The molecule has 112 valence electrons. The van der Waals surface area contributed by atoms with E-state index in [-0.39, 0.29) is 23.8 Å². The lowest BCUT2D eigenvalue weighted by Crippen LogP contribution is -2.20. The van der Waals surface area contributed by atoms with Gasteiger partial charge in [0, 0.05) is 18.4 Å². The van der Waals surface area contributed by atoms with E-state index in [0.29, 0.717) is 5.69 Å². The van der Waals surface area contributed by atoms with Crippen molar-refractivity contribution in [2.24, 2.45) is 0 Å². The Balaban J connectivity index is 2.16. The molecule has 0 aliphatic heterocycles. The Labute approximate surface area is 124 Å². The lowest BCUT2D eigenvalue weighted by atomic mass is 10.2. The molecule has 2 aromatic rings. The minimum absolute atomic E-state index is 0.0822. The van der Waals surface area contributed by atoms with Crippen LogP contribution in [0.25, 0.3) is 5.69 Å². The highest BCUT2D eigenvalue weighted by Crippen LogP contribution is 2.18. The van der Waals surface area contributed by atoms with Gasteiger partial charge >= 0.3 is 5.97 Å². The molecular formula is C13H13ClFN3O3. The smallest absolute Gasteiger partial charge is 0.356 e. The van der Waals surface area contributed by atoms with E-state index in [1.165, 1.54) is 24.4 Å². The van der Waals surface area contributed by atoms with Crippen molar-refractivity contribution in [1.29, 1.82) is 0 Å². The minimum Gasteiger partial charge on any atom is -0.476 e. The number of halogens is 2. The van der Waals surface area contributed by atoms with Gasteiger partial charge in [-0.1, -0.05) is 0 Å². The number of nitrogens with one attached hydrogen (secondary N) is 1. The summed E-state index contributed by atoms with van der Waals surface area (Å²) in [5, 5.41) is 24.7. The first-order valence-corrected chi connectivity index (χ1v) is 6.61. The molecule has 1 aromatic carbocycles. The molecule has 0 fully saturated rings. The summed E-state index contributed by atoms with van der Waals surface area (Å²) in [6, 6.07) is 5.58. The number of hydrogen-bond donors (Lipinski definition) is 3. The second-order valence-electron chi connectivity index (χ2n) is 4.31. The molecule has 21 heavy (non-hydrogen) atoms. The molecule has 0 radical (unpaired) electrons. The molecule has 0 saturated heterocycles. The van der Waals surface area contributed by atoms with E-state index in [9.17, 15) is 14.3 Å². The molecule has 0 aliphatic carbocycles. The highest BCUT2D eigenvalue weighted by Gasteiger charge is 2.11. The van der Waals surface area contributed by atoms with Gasteiger partial charge in [0.2, 0.25) is 0 Å². The summed E-state index contributed by atoms with van der Waals surface area (Å²) in [5.74, 6) is -1.67. The molecule has 0 aliphatic rings. The van der Waals surface area contributed by atoms with Crippen molar-refractivity contribution in [3.63, 3.8) is 0 Å². The highest BCUT2D eigenvalue weighted by atomic mass is 35.5. The van der Waals surface area contributed by atoms with Gasteiger partial charge < -0.3 is 15.5 Å². The van der Waals surface area contributed by atoms with Crippen LogP contribution in [0.5, 0.6) is 0 Å². The van der Waals surface area contributed by atoms with Gasteiger partial charge in [-0.3, -0.25) is 0 Å². The van der Waals surface area contributed by atoms with Crippen LogP contribution < -0.4 is 5.32 Å². The third-order valence-corrected chi connectivity index (χ3v) is 3.08. The second-order valence-corrected chi connectivity index (χ2v) is 4.61. The Hall–Kier alpha value is -2.12. The number of aromatic nitrogens is 2.